The molecule has 2 aromatic rings. The lowest BCUT2D eigenvalue weighted by Gasteiger charge is -2.07. The zero-order chi connectivity index (χ0) is 20.1. The number of carbonyl (C=O) groups excluding carboxylic acids is 4. The van der Waals surface area contributed by atoms with Gasteiger partial charge in [-0.3, -0.25) is 9.59 Å². The second-order valence-corrected chi connectivity index (χ2v) is 5.89. The average molecular weight is 374 g/mol. The highest BCUT2D eigenvalue weighted by Crippen LogP contribution is 2.25. The number of H-pyrrole nitrogens is 2. The second-order valence-electron chi connectivity index (χ2n) is 5.89. The number of hydrogen-bond donors (Lipinski definition) is 2. The van der Waals surface area contributed by atoms with Crippen molar-refractivity contribution in [3.05, 3.63) is 45.0 Å². The van der Waals surface area contributed by atoms with Gasteiger partial charge in [0.1, 0.15) is 0 Å². The van der Waals surface area contributed by atoms with Crippen molar-refractivity contribution in [2.75, 3.05) is 13.2 Å². The van der Waals surface area contributed by atoms with E-state index in [0.717, 1.165) is 0 Å². The third kappa shape index (κ3) is 3.84. The van der Waals surface area contributed by atoms with E-state index in [4.69, 9.17) is 9.47 Å². The Labute approximate surface area is 156 Å². The van der Waals surface area contributed by atoms with Crippen molar-refractivity contribution in [2.45, 2.75) is 34.1 Å². The van der Waals surface area contributed by atoms with Crippen molar-refractivity contribution in [3.8, 4) is 0 Å². The van der Waals surface area contributed by atoms with E-state index in [1.165, 1.54) is 0 Å². The van der Waals surface area contributed by atoms with E-state index in [9.17, 15) is 19.2 Å². The molecule has 0 saturated heterocycles. The lowest BCUT2D eigenvalue weighted by atomic mass is 10.0. The van der Waals surface area contributed by atoms with Gasteiger partial charge in [0.15, 0.2) is 12.6 Å². The molecule has 2 heterocycles. The molecule has 0 bridgehead atoms. The highest BCUT2D eigenvalue weighted by Gasteiger charge is 2.26. The standard InChI is InChI=1S/C19H22N2O6/c1-5-26-18(24)16-10(3)14(8-22)20-12(16)7-13-17(19(25)27-6-2)11(4)15(9-23)21-13/h8-9,20-21H,5-7H2,1-4H3. The monoisotopic (exact) mass is 374 g/mol. The van der Waals surface area contributed by atoms with Crippen molar-refractivity contribution >= 4 is 24.5 Å². The van der Waals surface area contributed by atoms with Gasteiger partial charge >= 0.3 is 11.9 Å². The summed E-state index contributed by atoms with van der Waals surface area (Å²) in [6.45, 7) is 7.01. The molecule has 0 atom stereocenters. The van der Waals surface area contributed by atoms with E-state index in [0.29, 0.717) is 35.1 Å². The number of aromatic amines is 2. The minimum absolute atomic E-state index is 0.0889. The van der Waals surface area contributed by atoms with E-state index >= 15 is 0 Å². The first-order valence-corrected chi connectivity index (χ1v) is 8.56. The smallest absolute Gasteiger partial charge is 0.340 e. The number of rotatable bonds is 8. The third-order valence-electron chi connectivity index (χ3n) is 4.28. The van der Waals surface area contributed by atoms with Crippen LogP contribution in [0.25, 0.3) is 0 Å². The number of carbonyl (C=O) groups is 4. The second kappa shape index (κ2) is 8.48. The van der Waals surface area contributed by atoms with Crippen LogP contribution in [-0.4, -0.2) is 47.7 Å². The molecule has 2 N–H and O–H groups in total. The Hall–Kier alpha value is -3.16. The van der Waals surface area contributed by atoms with Gasteiger partial charge < -0.3 is 19.4 Å². The van der Waals surface area contributed by atoms with E-state index < -0.39 is 11.9 Å². The maximum Gasteiger partial charge on any atom is 0.340 e. The number of hydrogen-bond acceptors (Lipinski definition) is 6. The molecule has 0 unspecified atom stereocenters. The molecule has 0 spiro atoms. The maximum atomic E-state index is 12.3. The molecule has 2 rings (SSSR count). The minimum atomic E-state index is -0.564. The van der Waals surface area contributed by atoms with Gasteiger partial charge in [-0.25, -0.2) is 9.59 Å². The summed E-state index contributed by atoms with van der Waals surface area (Å²) in [5.74, 6) is -1.13. The first-order valence-electron chi connectivity index (χ1n) is 8.56. The Morgan fingerprint density at radius 2 is 1.19 bits per heavy atom. The summed E-state index contributed by atoms with van der Waals surface area (Å²) in [5, 5.41) is 0. The van der Waals surface area contributed by atoms with Gasteiger partial charge in [0.25, 0.3) is 0 Å². The lowest BCUT2D eigenvalue weighted by molar-refractivity contribution is 0.0516. The van der Waals surface area contributed by atoms with E-state index in [1.54, 1.807) is 27.7 Å². The molecular formula is C19H22N2O6. The SMILES string of the molecule is CCOC(=O)c1c(Cc2[nH]c(C=O)c(C)c2C(=O)OCC)[nH]c(C=O)c1C. The van der Waals surface area contributed by atoms with Crippen molar-refractivity contribution in [1.29, 1.82) is 0 Å². The van der Waals surface area contributed by atoms with Crippen LogP contribution in [0.3, 0.4) is 0 Å². The highest BCUT2D eigenvalue weighted by molar-refractivity contribution is 5.97. The van der Waals surface area contributed by atoms with Crippen molar-refractivity contribution < 1.29 is 28.7 Å². The number of aromatic nitrogens is 2. The minimum Gasteiger partial charge on any atom is -0.462 e. The van der Waals surface area contributed by atoms with Gasteiger partial charge in [0, 0.05) is 17.8 Å². The van der Waals surface area contributed by atoms with Gasteiger partial charge in [0.2, 0.25) is 0 Å². The predicted octanol–water partition coefficient (Wildman–Crippen LogP) is 2.53. The molecule has 8 nitrogen and oxygen atoms in total. The van der Waals surface area contributed by atoms with Crippen molar-refractivity contribution in [1.82, 2.24) is 9.97 Å². The van der Waals surface area contributed by atoms with Crippen LogP contribution < -0.4 is 0 Å². The van der Waals surface area contributed by atoms with Crippen LogP contribution in [0.15, 0.2) is 0 Å². The summed E-state index contributed by atoms with van der Waals surface area (Å²) in [5.41, 5.74) is 2.76. The third-order valence-corrected chi connectivity index (χ3v) is 4.28. The largest absolute Gasteiger partial charge is 0.462 e. The molecule has 2 aromatic heterocycles. The summed E-state index contributed by atoms with van der Waals surface area (Å²) in [4.78, 5) is 53.0. The lowest BCUT2D eigenvalue weighted by Crippen LogP contribution is -2.11. The molecule has 0 aliphatic carbocycles. The molecule has 0 aliphatic rings. The van der Waals surface area contributed by atoms with E-state index in [2.05, 4.69) is 9.97 Å². The van der Waals surface area contributed by atoms with Gasteiger partial charge in [-0.05, 0) is 38.8 Å². The molecule has 8 heteroatoms. The molecule has 0 amide bonds. The molecule has 144 valence electrons. The van der Waals surface area contributed by atoms with Crippen molar-refractivity contribution in [2.24, 2.45) is 0 Å². The normalized spacial score (nSPS) is 10.5. The van der Waals surface area contributed by atoms with Crippen LogP contribution in [-0.2, 0) is 15.9 Å². The predicted molar refractivity (Wildman–Crippen MR) is 96.6 cm³/mol. The van der Waals surface area contributed by atoms with Crippen LogP contribution in [0.1, 0.15) is 78.1 Å². The maximum absolute atomic E-state index is 12.3. The van der Waals surface area contributed by atoms with Gasteiger partial charge in [-0.15, -0.1) is 0 Å². The Bertz CT molecular complexity index is 818. The topological polar surface area (TPSA) is 118 Å². The van der Waals surface area contributed by atoms with Gasteiger partial charge in [-0.2, -0.15) is 0 Å². The average Bonchev–Trinajstić information content (AvgIpc) is 3.11. The fourth-order valence-corrected chi connectivity index (χ4v) is 3.00. The number of aldehydes is 2. The Morgan fingerprint density at radius 3 is 1.48 bits per heavy atom. The van der Waals surface area contributed by atoms with E-state index in [1.807, 2.05) is 0 Å². The van der Waals surface area contributed by atoms with Gasteiger partial charge in [0.05, 0.1) is 35.7 Å². The molecular weight excluding hydrogens is 352 g/mol. The van der Waals surface area contributed by atoms with Crippen LogP contribution in [0.2, 0.25) is 0 Å². The molecule has 0 aromatic carbocycles. The Morgan fingerprint density at radius 1 is 0.815 bits per heavy atom. The van der Waals surface area contributed by atoms with Crippen LogP contribution in [0.5, 0.6) is 0 Å². The summed E-state index contributed by atoms with van der Waals surface area (Å²) in [7, 11) is 0. The van der Waals surface area contributed by atoms with Crippen LogP contribution in [0, 0.1) is 13.8 Å². The summed E-state index contributed by atoms with van der Waals surface area (Å²) in [6.07, 6.45) is 1.32. The Balaban J connectivity index is 2.57. The quantitative estimate of drug-likeness (QED) is 0.541. The summed E-state index contributed by atoms with van der Waals surface area (Å²) < 4.78 is 10.2. The Kier molecular flexibility index (Phi) is 6.33. The number of esters is 2. The fraction of sp³-hybridized carbons (Fsp3) is 0.368. The van der Waals surface area contributed by atoms with Gasteiger partial charge in [-0.1, -0.05) is 0 Å². The first kappa shape index (κ1) is 20.2. The van der Waals surface area contributed by atoms with E-state index in [-0.39, 0.29) is 42.1 Å². The fourth-order valence-electron chi connectivity index (χ4n) is 3.00. The van der Waals surface area contributed by atoms with Crippen LogP contribution in [0.4, 0.5) is 0 Å². The van der Waals surface area contributed by atoms with Crippen molar-refractivity contribution in [3.63, 3.8) is 0 Å². The molecule has 0 saturated carbocycles. The summed E-state index contributed by atoms with van der Waals surface area (Å²) in [6, 6.07) is 0. The molecule has 0 fully saturated rings. The van der Waals surface area contributed by atoms with Crippen LogP contribution >= 0.6 is 0 Å². The zero-order valence-corrected chi connectivity index (χ0v) is 15.7. The highest BCUT2D eigenvalue weighted by atomic mass is 16.5. The molecule has 0 radical (unpaired) electrons. The zero-order valence-electron chi connectivity index (χ0n) is 15.7. The summed E-state index contributed by atoms with van der Waals surface area (Å²) >= 11 is 0. The molecule has 27 heavy (non-hydrogen) atoms. The first-order chi connectivity index (χ1) is 12.9. The number of nitrogens with one attached hydrogen (secondary N) is 2. The number of ether oxygens (including phenoxy) is 2. The molecule has 0 aliphatic heterocycles.